The van der Waals surface area contributed by atoms with Crippen LogP contribution in [0.25, 0.3) is 0 Å². The maximum absolute atomic E-state index is 12.2. The van der Waals surface area contributed by atoms with Gasteiger partial charge in [0.25, 0.3) is 5.91 Å². The Bertz CT molecular complexity index is 762. The fourth-order valence-electron chi connectivity index (χ4n) is 2.10. The van der Waals surface area contributed by atoms with Gasteiger partial charge in [-0.25, -0.2) is 4.79 Å². The Morgan fingerprint density at radius 1 is 1.21 bits per heavy atom. The Balaban J connectivity index is 1.95. The summed E-state index contributed by atoms with van der Waals surface area (Å²) in [5, 5.41) is 3.26. The SMILES string of the molecule is Cc1cccc(C(=O)O[C@@H](C)C(=O)NCc2ccccc2Cl)c1N. The quantitative estimate of drug-likeness (QED) is 0.644. The average Bonchev–Trinajstić information content (AvgIpc) is 2.56. The second-order valence-corrected chi connectivity index (χ2v) is 5.80. The van der Waals surface area contributed by atoms with Crippen LogP contribution in [0.15, 0.2) is 42.5 Å². The summed E-state index contributed by atoms with van der Waals surface area (Å²) in [6, 6.07) is 12.3. The van der Waals surface area contributed by atoms with Gasteiger partial charge in [0.15, 0.2) is 6.10 Å². The lowest BCUT2D eigenvalue weighted by Crippen LogP contribution is -2.35. The number of aryl methyl sites for hydroxylation is 1. The van der Waals surface area contributed by atoms with E-state index in [1.165, 1.54) is 6.92 Å². The molecule has 5 nitrogen and oxygen atoms in total. The molecular formula is C18H19ClN2O3. The van der Waals surface area contributed by atoms with Gasteiger partial charge < -0.3 is 15.8 Å². The van der Waals surface area contributed by atoms with Gasteiger partial charge in [0.05, 0.1) is 5.56 Å². The maximum atomic E-state index is 12.2. The monoisotopic (exact) mass is 346 g/mol. The summed E-state index contributed by atoms with van der Waals surface area (Å²) in [5.74, 6) is -1.04. The first-order chi connectivity index (χ1) is 11.4. The molecule has 0 bridgehead atoms. The summed E-state index contributed by atoms with van der Waals surface area (Å²) in [4.78, 5) is 24.2. The average molecular weight is 347 g/mol. The Morgan fingerprint density at radius 3 is 2.62 bits per heavy atom. The molecule has 0 heterocycles. The number of rotatable bonds is 5. The third kappa shape index (κ3) is 4.26. The number of anilines is 1. The highest BCUT2D eigenvalue weighted by Gasteiger charge is 2.20. The highest BCUT2D eigenvalue weighted by Crippen LogP contribution is 2.18. The number of halogens is 1. The molecule has 0 fully saturated rings. The van der Waals surface area contributed by atoms with E-state index in [0.717, 1.165) is 11.1 Å². The molecule has 3 N–H and O–H groups in total. The number of nitrogens with one attached hydrogen (secondary N) is 1. The highest BCUT2D eigenvalue weighted by atomic mass is 35.5. The highest BCUT2D eigenvalue weighted by molar-refractivity contribution is 6.31. The molecule has 1 atom stereocenters. The van der Waals surface area contributed by atoms with Crippen LogP contribution in [0.2, 0.25) is 5.02 Å². The molecule has 0 aliphatic heterocycles. The second-order valence-electron chi connectivity index (χ2n) is 5.39. The molecule has 0 aliphatic rings. The van der Waals surface area contributed by atoms with Gasteiger partial charge in [0, 0.05) is 17.3 Å². The molecule has 0 saturated carbocycles. The third-order valence-electron chi connectivity index (χ3n) is 3.61. The maximum Gasteiger partial charge on any atom is 0.341 e. The van der Waals surface area contributed by atoms with Gasteiger partial charge >= 0.3 is 5.97 Å². The Hall–Kier alpha value is -2.53. The van der Waals surface area contributed by atoms with E-state index >= 15 is 0 Å². The molecule has 6 heteroatoms. The normalized spacial score (nSPS) is 11.6. The first-order valence-electron chi connectivity index (χ1n) is 7.47. The Labute approximate surface area is 145 Å². The second kappa shape index (κ2) is 7.84. The number of nitrogen functional groups attached to an aromatic ring is 1. The van der Waals surface area contributed by atoms with Gasteiger partial charge in [-0.05, 0) is 37.1 Å². The lowest BCUT2D eigenvalue weighted by atomic mass is 10.1. The van der Waals surface area contributed by atoms with Crippen molar-refractivity contribution in [2.45, 2.75) is 26.5 Å². The van der Waals surface area contributed by atoms with Gasteiger partial charge in [-0.3, -0.25) is 4.79 Å². The van der Waals surface area contributed by atoms with Crippen LogP contribution < -0.4 is 11.1 Å². The summed E-state index contributed by atoms with van der Waals surface area (Å²) in [6.45, 7) is 3.56. The van der Waals surface area contributed by atoms with E-state index in [2.05, 4.69) is 5.32 Å². The van der Waals surface area contributed by atoms with Crippen LogP contribution in [0.3, 0.4) is 0 Å². The van der Waals surface area contributed by atoms with E-state index in [1.807, 2.05) is 18.2 Å². The number of nitrogens with two attached hydrogens (primary N) is 1. The predicted molar refractivity (Wildman–Crippen MR) is 93.8 cm³/mol. The van der Waals surface area contributed by atoms with Crippen molar-refractivity contribution < 1.29 is 14.3 Å². The van der Waals surface area contributed by atoms with Crippen molar-refractivity contribution in [1.29, 1.82) is 0 Å². The third-order valence-corrected chi connectivity index (χ3v) is 3.98. The minimum Gasteiger partial charge on any atom is -0.449 e. The molecule has 0 aromatic heterocycles. The van der Waals surface area contributed by atoms with Crippen LogP contribution in [-0.4, -0.2) is 18.0 Å². The number of amides is 1. The molecule has 2 rings (SSSR count). The zero-order valence-electron chi connectivity index (χ0n) is 13.5. The summed E-state index contributed by atoms with van der Waals surface area (Å²) in [6.07, 6.45) is -0.945. The van der Waals surface area contributed by atoms with Crippen molar-refractivity contribution in [2.75, 3.05) is 5.73 Å². The zero-order valence-corrected chi connectivity index (χ0v) is 14.3. The number of hydrogen-bond acceptors (Lipinski definition) is 4. The smallest absolute Gasteiger partial charge is 0.341 e. The predicted octanol–water partition coefficient (Wildman–Crippen LogP) is 3.09. The summed E-state index contributed by atoms with van der Waals surface area (Å²) < 4.78 is 5.19. The van der Waals surface area contributed by atoms with Gasteiger partial charge in [0.1, 0.15) is 0 Å². The fraction of sp³-hybridized carbons (Fsp3) is 0.222. The van der Waals surface area contributed by atoms with Crippen molar-refractivity contribution in [3.05, 3.63) is 64.2 Å². The zero-order chi connectivity index (χ0) is 17.7. The summed E-state index contributed by atoms with van der Waals surface area (Å²) in [5.41, 5.74) is 8.04. The molecule has 2 aromatic carbocycles. The number of carbonyl (C=O) groups excluding carboxylic acids is 2. The van der Waals surface area contributed by atoms with Gasteiger partial charge in [-0.15, -0.1) is 0 Å². The number of hydrogen-bond donors (Lipinski definition) is 2. The minimum atomic E-state index is -0.945. The number of para-hydroxylation sites is 1. The van der Waals surface area contributed by atoms with Crippen molar-refractivity contribution >= 4 is 29.2 Å². The van der Waals surface area contributed by atoms with E-state index in [1.54, 1.807) is 31.2 Å². The fourth-order valence-corrected chi connectivity index (χ4v) is 2.31. The molecule has 0 spiro atoms. The standard InChI is InChI=1S/C18H19ClN2O3/c1-11-6-5-8-14(16(11)20)18(23)24-12(2)17(22)21-10-13-7-3-4-9-15(13)19/h3-9,12H,10,20H2,1-2H3,(H,21,22)/t12-/m0/s1. The number of carbonyl (C=O) groups is 2. The van der Waals surface area contributed by atoms with Crippen LogP contribution in [0.1, 0.15) is 28.4 Å². The van der Waals surface area contributed by atoms with E-state index in [-0.39, 0.29) is 12.1 Å². The Kier molecular flexibility index (Phi) is 5.82. The number of benzene rings is 2. The molecule has 126 valence electrons. The molecular weight excluding hydrogens is 328 g/mol. The largest absolute Gasteiger partial charge is 0.449 e. The topological polar surface area (TPSA) is 81.4 Å². The Morgan fingerprint density at radius 2 is 1.92 bits per heavy atom. The van der Waals surface area contributed by atoms with Crippen molar-refractivity contribution in [1.82, 2.24) is 5.32 Å². The van der Waals surface area contributed by atoms with E-state index in [0.29, 0.717) is 10.7 Å². The van der Waals surface area contributed by atoms with Crippen LogP contribution in [0, 0.1) is 6.92 Å². The van der Waals surface area contributed by atoms with Crippen molar-refractivity contribution in [3.63, 3.8) is 0 Å². The van der Waals surface area contributed by atoms with Gasteiger partial charge in [0.2, 0.25) is 0 Å². The molecule has 1 amide bonds. The van der Waals surface area contributed by atoms with Crippen LogP contribution >= 0.6 is 11.6 Å². The van der Waals surface area contributed by atoms with Gasteiger partial charge in [-0.2, -0.15) is 0 Å². The number of esters is 1. The lowest BCUT2D eigenvalue weighted by Gasteiger charge is -2.15. The van der Waals surface area contributed by atoms with Crippen LogP contribution in [0.5, 0.6) is 0 Å². The number of ether oxygens (including phenoxy) is 1. The summed E-state index contributed by atoms with van der Waals surface area (Å²) >= 11 is 6.03. The van der Waals surface area contributed by atoms with Crippen molar-refractivity contribution in [2.24, 2.45) is 0 Å². The molecule has 0 saturated heterocycles. The molecule has 2 aromatic rings. The van der Waals surface area contributed by atoms with Crippen LogP contribution in [-0.2, 0) is 16.1 Å². The lowest BCUT2D eigenvalue weighted by molar-refractivity contribution is -0.129. The first kappa shape index (κ1) is 17.8. The van der Waals surface area contributed by atoms with Gasteiger partial charge in [-0.1, -0.05) is 41.9 Å². The minimum absolute atomic E-state index is 0.251. The van der Waals surface area contributed by atoms with Crippen LogP contribution in [0.4, 0.5) is 5.69 Å². The van der Waals surface area contributed by atoms with Crippen molar-refractivity contribution in [3.8, 4) is 0 Å². The first-order valence-corrected chi connectivity index (χ1v) is 7.85. The van der Waals surface area contributed by atoms with E-state index < -0.39 is 18.0 Å². The van der Waals surface area contributed by atoms with E-state index in [9.17, 15) is 9.59 Å². The molecule has 0 unspecified atom stereocenters. The molecule has 0 aliphatic carbocycles. The molecule has 24 heavy (non-hydrogen) atoms. The summed E-state index contributed by atoms with van der Waals surface area (Å²) in [7, 11) is 0. The molecule has 0 radical (unpaired) electrons. The van der Waals surface area contributed by atoms with E-state index in [4.69, 9.17) is 22.1 Å².